The van der Waals surface area contributed by atoms with Crippen molar-refractivity contribution < 1.29 is 4.74 Å². The summed E-state index contributed by atoms with van der Waals surface area (Å²) in [5.41, 5.74) is 0.217. The molecule has 5 aliphatic carbocycles. The molecule has 0 N–H and O–H groups in total. The van der Waals surface area contributed by atoms with E-state index in [-0.39, 0.29) is 5.60 Å². The van der Waals surface area contributed by atoms with E-state index in [2.05, 4.69) is 32.8 Å². The fraction of sp³-hybridized carbons (Fsp3) is 1.00. The van der Waals surface area contributed by atoms with Crippen molar-refractivity contribution in [2.45, 2.75) is 193 Å². The van der Waals surface area contributed by atoms with Crippen molar-refractivity contribution >= 4 is 0 Å². The van der Waals surface area contributed by atoms with E-state index in [1.807, 2.05) is 0 Å². The number of hydrogen-bond donors (Lipinski definition) is 0. The molecule has 0 spiro atoms. The SMILES string of the molecule is CCC1CC1CC1CC1CC1CC1CCCCCCCCC1(CCCCCCCCC2CC2CC2CC2C)CC(CCN(C)C)CO1. The summed E-state index contributed by atoms with van der Waals surface area (Å²) in [6, 6.07) is 0. The molecular formula is C45H81NO. The second-order valence-corrected chi connectivity index (χ2v) is 19.6. The standard InChI is InChI=1S/C45H81NO/c1-5-36-25-40(36)29-43-31-44(43)30-42-27-38(42)19-15-11-7-9-13-17-22-45(32-35(33-47-45)20-23-46(3)4)21-16-12-8-6-10-14-18-37-26-41(37)28-39-24-34(39)2/h34-44H,5-33H2,1-4H3. The van der Waals surface area contributed by atoms with Crippen molar-refractivity contribution in [2.24, 2.45) is 65.1 Å². The Balaban J connectivity index is 0.761. The molecular weight excluding hydrogens is 571 g/mol. The molecule has 272 valence electrons. The number of rotatable bonds is 28. The first kappa shape index (κ1) is 36.7. The van der Waals surface area contributed by atoms with Gasteiger partial charge in [-0.25, -0.2) is 0 Å². The summed E-state index contributed by atoms with van der Waals surface area (Å²) in [5.74, 6) is 12.0. The summed E-state index contributed by atoms with van der Waals surface area (Å²) in [4.78, 5) is 2.36. The summed E-state index contributed by atoms with van der Waals surface area (Å²) < 4.78 is 6.75. The number of nitrogens with zero attached hydrogens (tertiary/aromatic N) is 1. The van der Waals surface area contributed by atoms with Gasteiger partial charge >= 0.3 is 0 Å². The predicted molar refractivity (Wildman–Crippen MR) is 202 cm³/mol. The molecule has 2 heteroatoms. The molecule has 0 radical (unpaired) electrons. The Morgan fingerprint density at radius 2 is 0.979 bits per heavy atom. The second kappa shape index (κ2) is 17.9. The van der Waals surface area contributed by atoms with Gasteiger partial charge in [0.15, 0.2) is 0 Å². The summed E-state index contributed by atoms with van der Waals surface area (Å²) in [6.45, 7) is 7.10. The first-order valence-electron chi connectivity index (χ1n) is 22.2. The highest BCUT2D eigenvalue weighted by atomic mass is 16.5. The van der Waals surface area contributed by atoms with E-state index in [1.54, 1.807) is 57.8 Å². The van der Waals surface area contributed by atoms with Gasteiger partial charge in [0.05, 0.1) is 12.2 Å². The number of ether oxygens (including phenoxy) is 1. The third-order valence-corrected chi connectivity index (χ3v) is 15.1. The quantitative estimate of drug-likeness (QED) is 0.0781. The first-order valence-corrected chi connectivity index (χ1v) is 22.2. The average Bonchev–Trinajstić information content (AvgIpc) is 3.79. The summed E-state index contributed by atoms with van der Waals surface area (Å²) >= 11 is 0. The molecule has 12 atom stereocenters. The lowest BCUT2D eigenvalue weighted by atomic mass is 9.83. The minimum atomic E-state index is 0.217. The monoisotopic (exact) mass is 652 g/mol. The van der Waals surface area contributed by atoms with Gasteiger partial charge in [0.2, 0.25) is 0 Å². The van der Waals surface area contributed by atoms with E-state index >= 15 is 0 Å². The lowest BCUT2D eigenvalue weighted by Crippen LogP contribution is -2.28. The number of hydrogen-bond acceptors (Lipinski definition) is 2. The number of unbranched alkanes of at least 4 members (excludes halogenated alkanes) is 10. The van der Waals surface area contributed by atoms with Crippen molar-refractivity contribution in [3.63, 3.8) is 0 Å². The van der Waals surface area contributed by atoms with Gasteiger partial charge in [-0.2, -0.15) is 0 Å². The van der Waals surface area contributed by atoms with Crippen molar-refractivity contribution in [1.82, 2.24) is 4.90 Å². The molecule has 12 unspecified atom stereocenters. The van der Waals surface area contributed by atoms with Gasteiger partial charge in [0.25, 0.3) is 0 Å². The largest absolute Gasteiger partial charge is 0.375 e. The van der Waals surface area contributed by atoms with Crippen molar-refractivity contribution in [3.05, 3.63) is 0 Å². The fourth-order valence-electron chi connectivity index (χ4n) is 10.9. The van der Waals surface area contributed by atoms with Crippen LogP contribution in [0.4, 0.5) is 0 Å². The molecule has 0 bridgehead atoms. The van der Waals surface area contributed by atoms with E-state index in [1.165, 1.54) is 122 Å². The van der Waals surface area contributed by atoms with Gasteiger partial charge in [-0.05, 0) is 163 Å². The smallest absolute Gasteiger partial charge is 0.0686 e. The van der Waals surface area contributed by atoms with Crippen LogP contribution in [0.1, 0.15) is 187 Å². The maximum Gasteiger partial charge on any atom is 0.0686 e. The summed E-state index contributed by atoms with van der Waals surface area (Å²) in [7, 11) is 4.45. The highest BCUT2D eigenvalue weighted by molar-refractivity contribution is 4.98. The van der Waals surface area contributed by atoms with Crippen LogP contribution in [0.25, 0.3) is 0 Å². The van der Waals surface area contributed by atoms with Gasteiger partial charge in [0, 0.05) is 0 Å². The average molecular weight is 652 g/mol. The second-order valence-electron chi connectivity index (χ2n) is 19.6. The predicted octanol–water partition coefficient (Wildman–Crippen LogP) is 12.7. The molecule has 6 rings (SSSR count). The molecule has 6 fully saturated rings. The molecule has 1 heterocycles. The Kier molecular flexibility index (Phi) is 14.0. The third kappa shape index (κ3) is 12.6. The minimum absolute atomic E-state index is 0.217. The van der Waals surface area contributed by atoms with Crippen LogP contribution in [0.2, 0.25) is 0 Å². The van der Waals surface area contributed by atoms with Gasteiger partial charge in [-0.3, -0.25) is 0 Å². The van der Waals surface area contributed by atoms with Crippen LogP contribution >= 0.6 is 0 Å². The van der Waals surface area contributed by atoms with E-state index in [0.29, 0.717) is 0 Å². The van der Waals surface area contributed by atoms with Crippen molar-refractivity contribution in [3.8, 4) is 0 Å². The van der Waals surface area contributed by atoms with Gasteiger partial charge in [-0.1, -0.05) is 110 Å². The maximum absolute atomic E-state index is 6.75. The van der Waals surface area contributed by atoms with Crippen LogP contribution in [0.15, 0.2) is 0 Å². The zero-order chi connectivity index (χ0) is 32.6. The molecule has 0 amide bonds. The van der Waals surface area contributed by atoms with Crippen LogP contribution in [0, 0.1) is 65.1 Å². The fourth-order valence-corrected chi connectivity index (χ4v) is 10.9. The highest BCUT2D eigenvalue weighted by Crippen LogP contribution is 2.58. The molecule has 6 aliphatic rings. The molecule has 0 aromatic carbocycles. The maximum atomic E-state index is 6.75. The molecule has 5 saturated carbocycles. The zero-order valence-corrected chi connectivity index (χ0v) is 32.2. The molecule has 0 aromatic rings. The summed E-state index contributed by atoms with van der Waals surface area (Å²) in [5, 5.41) is 0. The Morgan fingerprint density at radius 1 is 0.532 bits per heavy atom. The van der Waals surface area contributed by atoms with Gasteiger partial charge in [0.1, 0.15) is 0 Å². The Morgan fingerprint density at radius 3 is 1.49 bits per heavy atom. The molecule has 0 aromatic heterocycles. The highest BCUT2D eigenvalue weighted by Gasteiger charge is 2.48. The van der Waals surface area contributed by atoms with Crippen LogP contribution in [-0.4, -0.2) is 37.7 Å². The van der Waals surface area contributed by atoms with E-state index in [0.717, 1.165) is 71.7 Å². The van der Waals surface area contributed by atoms with Crippen LogP contribution in [0.3, 0.4) is 0 Å². The van der Waals surface area contributed by atoms with E-state index < -0.39 is 0 Å². The zero-order valence-electron chi connectivity index (χ0n) is 32.2. The van der Waals surface area contributed by atoms with E-state index in [9.17, 15) is 0 Å². The van der Waals surface area contributed by atoms with Crippen LogP contribution < -0.4 is 0 Å². The molecule has 47 heavy (non-hydrogen) atoms. The van der Waals surface area contributed by atoms with Gasteiger partial charge < -0.3 is 9.64 Å². The van der Waals surface area contributed by atoms with Crippen molar-refractivity contribution in [2.75, 3.05) is 27.2 Å². The molecule has 2 nitrogen and oxygen atoms in total. The molecule has 1 saturated heterocycles. The normalized spacial score (nSPS) is 39.9. The van der Waals surface area contributed by atoms with Crippen molar-refractivity contribution in [1.29, 1.82) is 0 Å². The first-order chi connectivity index (χ1) is 22.9. The van der Waals surface area contributed by atoms with Gasteiger partial charge in [-0.15, -0.1) is 0 Å². The molecule has 1 aliphatic heterocycles. The minimum Gasteiger partial charge on any atom is -0.375 e. The Bertz CT molecular complexity index is 900. The topological polar surface area (TPSA) is 12.5 Å². The van der Waals surface area contributed by atoms with Crippen LogP contribution in [0.5, 0.6) is 0 Å². The van der Waals surface area contributed by atoms with E-state index in [4.69, 9.17) is 4.74 Å². The lowest BCUT2D eigenvalue weighted by molar-refractivity contribution is -0.0142. The lowest BCUT2D eigenvalue weighted by Gasteiger charge is -2.29. The summed E-state index contributed by atoms with van der Waals surface area (Å²) in [6.07, 6.45) is 40.0. The van der Waals surface area contributed by atoms with Crippen LogP contribution in [-0.2, 0) is 4.74 Å². The Labute approximate surface area is 294 Å². The Hall–Kier alpha value is -0.0800. The third-order valence-electron chi connectivity index (χ3n) is 15.1.